The lowest BCUT2D eigenvalue weighted by molar-refractivity contribution is -0.149. The van der Waals surface area contributed by atoms with E-state index in [-0.39, 0.29) is 11.3 Å². The Labute approximate surface area is 97.0 Å². The zero-order valence-electron chi connectivity index (χ0n) is 9.29. The highest BCUT2D eigenvalue weighted by molar-refractivity contribution is 5.41. The molecule has 0 bridgehead atoms. The topological polar surface area (TPSA) is 55.5 Å². The van der Waals surface area contributed by atoms with Crippen molar-refractivity contribution in [3.8, 4) is 11.5 Å². The molecule has 0 aromatic heterocycles. The summed E-state index contributed by atoms with van der Waals surface area (Å²) in [6.45, 7) is 2.27. The molecule has 0 amide bonds. The number of rotatable bonds is 4. The molecule has 0 radical (unpaired) electrons. The lowest BCUT2D eigenvalue weighted by atomic mass is 10.1. The number of benzene rings is 1. The summed E-state index contributed by atoms with van der Waals surface area (Å²) in [5, 5.41) is 9.36. The van der Waals surface area contributed by atoms with E-state index in [1.165, 1.54) is 6.07 Å². The fourth-order valence-electron chi connectivity index (χ4n) is 1.27. The predicted octanol–water partition coefficient (Wildman–Crippen LogP) is 2.74. The smallest absolute Gasteiger partial charge is 0.407 e. The summed E-state index contributed by atoms with van der Waals surface area (Å²) in [4.78, 5) is 0. The molecule has 0 fully saturated rings. The lowest BCUT2D eigenvalue weighted by Gasteiger charge is -2.18. The normalized spacial score (nSPS) is 13.5. The SMILES string of the molecule is CCCOc1ccc(O)c([C@@H](N)C(F)(F)F)c1. The van der Waals surface area contributed by atoms with E-state index in [0.29, 0.717) is 6.61 Å². The van der Waals surface area contributed by atoms with Gasteiger partial charge in [0.15, 0.2) is 0 Å². The number of aromatic hydroxyl groups is 1. The Morgan fingerprint density at radius 1 is 1.41 bits per heavy atom. The summed E-state index contributed by atoms with van der Waals surface area (Å²) in [6.07, 6.45) is -3.86. The van der Waals surface area contributed by atoms with Gasteiger partial charge in [-0.25, -0.2) is 0 Å². The molecule has 1 aromatic rings. The van der Waals surface area contributed by atoms with Crippen LogP contribution in [-0.2, 0) is 0 Å². The van der Waals surface area contributed by atoms with Crippen molar-refractivity contribution in [1.82, 2.24) is 0 Å². The highest BCUT2D eigenvalue weighted by Gasteiger charge is 2.39. The van der Waals surface area contributed by atoms with Gasteiger partial charge in [-0.1, -0.05) is 6.92 Å². The van der Waals surface area contributed by atoms with Gasteiger partial charge >= 0.3 is 6.18 Å². The molecule has 1 atom stereocenters. The average Bonchev–Trinajstić information content (AvgIpc) is 2.26. The molecule has 1 rings (SSSR count). The van der Waals surface area contributed by atoms with Gasteiger partial charge in [-0.15, -0.1) is 0 Å². The van der Waals surface area contributed by atoms with E-state index in [1.54, 1.807) is 0 Å². The monoisotopic (exact) mass is 249 g/mol. The van der Waals surface area contributed by atoms with Crippen molar-refractivity contribution in [3.05, 3.63) is 23.8 Å². The van der Waals surface area contributed by atoms with Crippen LogP contribution in [0.5, 0.6) is 11.5 Å². The van der Waals surface area contributed by atoms with Crippen molar-refractivity contribution >= 4 is 0 Å². The Balaban J connectivity index is 2.98. The summed E-state index contributed by atoms with van der Waals surface area (Å²) in [6, 6.07) is 1.44. The molecule has 1 aromatic carbocycles. The quantitative estimate of drug-likeness (QED) is 0.862. The van der Waals surface area contributed by atoms with Crippen LogP contribution >= 0.6 is 0 Å². The molecule has 3 N–H and O–H groups in total. The molecular formula is C11H14F3NO2. The second kappa shape index (κ2) is 5.27. The zero-order chi connectivity index (χ0) is 13.1. The molecule has 6 heteroatoms. The molecule has 3 nitrogen and oxygen atoms in total. The van der Waals surface area contributed by atoms with E-state index in [1.807, 2.05) is 6.92 Å². The van der Waals surface area contributed by atoms with Gasteiger partial charge in [0.2, 0.25) is 0 Å². The number of hydrogen-bond donors (Lipinski definition) is 2. The highest BCUT2D eigenvalue weighted by atomic mass is 19.4. The zero-order valence-corrected chi connectivity index (χ0v) is 9.29. The molecule has 96 valence electrons. The van der Waals surface area contributed by atoms with Crippen LogP contribution in [0, 0.1) is 0 Å². The van der Waals surface area contributed by atoms with Crippen LogP contribution in [-0.4, -0.2) is 17.9 Å². The number of phenolic OH excluding ortho intramolecular Hbond substituents is 1. The molecule has 0 aliphatic rings. The minimum Gasteiger partial charge on any atom is -0.508 e. The molecule has 0 unspecified atom stereocenters. The van der Waals surface area contributed by atoms with Gasteiger partial charge in [0.1, 0.15) is 17.5 Å². The van der Waals surface area contributed by atoms with Crippen molar-refractivity contribution in [2.24, 2.45) is 5.73 Å². The third-order valence-corrected chi connectivity index (χ3v) is 2.16. The first-order chi connectivity index (χ1) is 7.86. The Bertz CT molecular complexity index is 379. The van der Waals surface area contributed by atoms with Gasteiger partial charge < -0.3 is 15.6 Å². The summed E-state index contributed by atoms with van der Waals surface area (Å²) in [7, 11) is 0. The maximum Gasteiger partial charge on any atom is 0.407 e. The Morgan fingerprint density at radius 3 is 2.59 bits per heavy atom. The van der Waals surface area contributed by atoms with Crippen molar-refractivity contribution < 1.29 is 23.0 Å². The standard InChI is InChI=1S/C11H14F3NO2/c1-2-5-17-7-3-4-9(16)8(6-7)10(15)11(12,13)14/h3-4,6,10,16H,2,5,15H2,1H3/t10-/m1/s1. The van der Waals surface area contributed by atoms with Gasteiger partial charge in [-0.05, 0) is 24.6 Å². The van der Waals surface area contributed by atoms with Crippen LogP contribution in [0.4, 0.5) is 13.2 Å². The third kappa shape index (κ3) is 3.52. The fourth-order valence-corrected chi connectivity index (χ4v) is 1.27. The Kier molecular flexibility index (Phi) is 4.22. The third-order valence-electron chi connectivity index (χ3n) is 2.16. The van der Waals surface area contributed by atoms with Crippen LogP contribution in [0.15, 0.2) is 18.2 Å². The maximum atomic E-state index is 12.4. The summed E-state index contributed by atoms with van der Waals surface area (Å²) < 4.78 is 42.4. The summed E-state index contributed by atoms with van der Waals surface area (Å²) in [5.41, 5.74) is 4.65. The van der Waals surface area contributed by atoms with Crippen LogP contribution in [0.25, 0.3) is 0 Å². The molecule has 0 heterocycles. The Morgan fingerprint density at radius 2 is 2.06 bits per heavy atom. The number of alkyl halides is 3. The minimum atomic E-state index is -4.60. The lowest BCUT2D eigenvalue weighted by Crippen LogP contribution is -2.28. The van der Waals surface area contributed by atoms with E-state index >= 15 is 0 Å². The number of hydrogen-bond acceptors (Lipinski definition) is 3. The molecule has 17 heavy (non-hydrogen) atoms. The van der Waals surface area contributed by atoms with Gasteiger partial charge in [0, 0.05) is 5.56 Å². The highest BCUT2D eigenvalue weighted by Crippen LogP contribution is 2.36. The maximum absolute atomic E-state index is 12.4. The van der Waals surface area contributed by atoms with Gasteiger partial charge in [-0.2, -0.15) is 13.2 Å². The molecule has 0 aliphatic heterocycles. The summed E-state index contributed by atoms with van der Waals surface area (Å²) >= 11 is 0. The Hall–Kier alpha value is -1.43. The molecule has 0 aliphatic carbocycles. The van der Waals surface area contributed by atoms with E-state index in [2.05, 4.69) is 0 Å². The van der Waals surface area contributed by atoms with E-state index < -0.39 is 18.0 Å². The number of ether oxygens (including phenoxy) is 1. The van der Waals surface area contributed by atoms with E-state index in [9.17, 15) is 18.3 Å². The van der Waals surface area contributed by atoms with Crippen molar-refractivity contribution in [2.45, 2.75) is 25.6 Å². The molecule has 0 saturated carbocycles. The second-order valence-electron chi connectivity index (χ2n) is 3.59. The van der Waals surface area contributed by atoms with Crippen LogP contribution in [0.2, 0.25) is 0 Å². The van der Waals surface area contributed by atoms with E-state index in [0.717, 1.165) is 18.6 Å². The molecular weight excluding hydrogens is 235 g/mol. The first-order valence-corrected chi connectivity index (χ1v) is 5.14. The van der Waals surface area contributed by atoms with E-state index in [4.69, 9.17) is 10.5 Å². The second-order valence-corrected chi connectivity index (χ2v) is 3.59. The molecule has 0 spiro atoms. The first-order valence-electron chi connectivity index (χ1n) is 5.14. The average molecular weight is 249 g/mol. The van der Waals surface area contributed by atoms with Crippen LogP contribution in [0.1, 0.15) is 24.9 Å². The van der Waals surface area contributed by atoms with Crippen LogP contribution in [0.3, 0.4) is 0 Å². The van der Waals surface area contributed by atoms with Gasteiger partial charge in [-0.3, -0.25) is 0 Å². The largest absolute Gasteiger partial charge is 0.508 e. The van der Waals surface area contributed by atoms with Crippen LogP contribution < -0.4 is 10.5 Å². The number of nitrogens with two attached hydrogens (primary N) is 1. The number of phenols is 1. The first kappa shape index (κ1) is 13.6. The van der Waals surface area contributed by atoms with Crippen molar-refractivity contribution in [3.63, 3.8) is 0 Å². The van der Waals surface area contributed by atoms with Crippen molar-refractivity contribution in [2.75, 3.05) is 6.61 Å². The van der Waals surface area contributed by atoms with Gasteiger partial charge in [0.05, 0.1) is 6.61 Å². The predicted molar refractivity (Wildman–Crippen MR) is 56.9 cm³/mol. The summed E-state index contributed by atoms with van der Waals surface area (Å²) in [5.74, 6) is -0.224. The minimum absolute atomic E-state index is 0.263. The van der Waals surface area contributed by atoms with Crippen molar-refractivity contribution in [1.29, 1.82) is 0 Å². The fraction of sp³-hybridized carbons (Fsp3) is 0.455. The van der Waals surface area contributed by atoms with Gasteiger partial charge in [0.25, 0.3) is 0 Å². The number of halogens is 3. The molecule has 0 saturated heterocycles.